The number of anilines is 2. The van der Waals surface area contributed by atoms with Crippen molar-refractivity contribution in [2.45, 2.75) is 46.6 Å². The highest BCUT2D eigenvalue weighted by Crippen LogP contribution is 2.34. The summed E-state index contributed by atoms with van der Waals surface area (Å²) in [5.74, 6) is -0.0326. The third-order valence-corrected chi connectivity index (χ3v) is 6.95. The van der Waals surface area contributed by atoms with Crippen LogP contribution in [0.25, 0.3) is 10.8 Å². The fourth-order valence-corrected chi connectivity index (χ4v) is 4.78. The topological polar surface area (TPSA) is 74.6 Å². The average Bonchev–Trinajstić information content (AvgIpc) is 2.76. The number of aryl methyl sites for hydroxylation is 1. The van der Waals surface area contributed by atoms with Crippen molar-refractivity contribution < 1.29 is 9.90 Å². The summed E-state index contributed by atoms with van der Waals surface area (Å²) in [6, 6.07) is 12.9. The molecule has 2 aromatic carbocycles. The molecule has 0 bridgehead atoms. The van der Waals surface area contributed by atoms with E-state index in [0.717, 1.165) is 48.3 Å². The number of nitrogens with one attached hydrogen (secondary N) is 1. The number of nitrogens with zero attached hydrogens (tertiary/aromatic N) is 2. The molecule has 1 atom stereocenters. The van der Waals surface area contributed by atoms with Gasteiger partial charge in [0.25, 0.3) is 5.56 Å². The van der Waals surface area contributed by atoms with Crippen molar-refractivity contribution in [3.63, 3.8) is 0 Å². The molecule has 1 saturated heterocycles. The minimum absolute atomic E-state index is 0.00424. The van der Waals surface area contributed by atoms with Gasteiger partial charge in [0.05, 0.1) is 5.56 Å². The van der Waals surface area contributed by atoms with E-state index in [0.29, 0.717) is 16.5 Å². The van der Waals surface area contributed by atoms with Gasteiger partial charge in [0.15, 0.2) is 0 Å². The number of pyridine rings is 1. The van der Waals surface area contributed by atoms with Crippen LogP contribution in [0.3, 0.4) is 0 Å². The zero-order valence-corrected chi connectivity index (χ0v) is 20.1. The molecule has 1 aliphatic heterocycles. The van der Waals surface area contributed by atoms with Gasteiger partial charge in [0.2, 0.25) is 0 Å². The Kier molecular flexibility index (Phi) is 5.95. The smallest absolute Gasteiger partial charge is 0.337 e. The zero-order valence-electron chi connectivity index (χ0n) is 20.1. The van der Waals surface area contributed by atoms with E-state index in [1.807, 2.05) is 33.0 Å². The van der Waals surface area contributed by atoms with Crippen molar-refractivity contribution >= 4 is 28.2 Å². The summed E-state index contributed by atoms with van der Waals surface area (Å²) < 4.78 is 1.77. The highest BCUT2D eigenvalue weighted by molar-refractivity contribution is 5.94. The molecule has 2 N–H and O–H groups in total. The van der Waals surface area contributed by atoms with E-state index in [4.69, 9.17) is 0 Å². The second-order valence-electron chi connectivity index (χ2n) is 10.1. The number of fused-ring (bicyclic) bond motifs is 1. The van der Waals surface area contributed by atoms with Crippen molar-refractivity contribution in [2.24, 2.45) is 12.5 Å². The second kappa shape index (κ2) is 8.58. The first kappa shape index (κ1) is 22.9. The predicted molar refractivity (Wildman–Crippen MR) is 135 cm³/mol. The van der Waals surface area contributed by atoms with E-state index in [1.54, 1.807) is 22.8 Å². The number of aromatic nitrogens is 1. The third kappa shape index (κ3) is 4.47. The van der Waals surface area contributed by atoms with Crippen molar-refractivity contribution in [1.82, 2.24) is 4.57 Å². The number of piperidine rings is 1. The summed E-state index contributed by atoms with van der Waals surface area (Å²) in [5, 5.41) is 14.5. The fourth-order valence-electron chi connectivity index (χ4n) is 4.78. The maximum atomic E-state index is 13.4. The van der Waals surface area contributed by atoms with Gasteiger partial charge in [0.1, 0.15) is 5.82 Å². The van der Waals surface area contributed by atoms with Crippen LogP contribution < -0.4 is 15.8 Å². The lowest BCUT2D eigenvalue weighted by Crippen LogP contribution is -2.40. The Hall–Kier alpha value is -3.28. The van der Waals surface area contributed by atoms with E-state index < -0.39 is 5.97 Å². The summed E-state index contributed by atoms with van der Waals surface area (Å²) in [7, 11) is 1.85. The first-order chi connectivity index (χ1) is 15.6. The quantitative estimate of drug-likeness (QED) is 0.552. The molecule has 1 unspecified atom stereocenters. The normalized spacial score (nSPS) is 16.6. The van der Waals surface area contributed by atoms with Crippen LogP contribution in [0.4, 0.5) is 11.5 Å². The number of benzene rings is 2. The Balaban J connectivity index is 1.80. The Bertz CT molecular complexity index is 1270. The summed E-state index contributed by atoms with van der Waals surface area (Å²) in [5.41, 5.74) is 3.10. The number of carbonyl (C=O) groups is 1. The molecule has 174 valence electrons. The van der Waals surface area contributed by atoms with Gasteiger partial charge in [-0.25, -0.2) is 4.79 Å². The molecule has 0 radical (unpaired) electrons. The van der Waals surface area contributed by atoms with Gasteiger partial charge in [-0.1, -0.05) is 32.0 Å². The highest BCUT2D eigenvalue weighted by Gasteiger charge is 2.27. The molecule has 33 heavy (non-hydrogen) atoms. The van der Waals surface area contributed by atoms with Crippen LogP contribution >= 0.6 is 0 Å². The van der Waals surface area contributed by atoms with Gasteiger partial charge in [-0.2, -0.15) is 0 Å². The average molecular weight is 448 g/mol. The molecule has 3 aromatic rings. The maximum absolute atomic E-state index is 13.4. The van der Waals surface area contributed by atoms with Crippen molar-refractivity contribution in [3.05, 3.63) is 69.5 Å². The Labute approximate surface area is 194 Å². The molecule has 1 aromatic heterocycles. The molecule has 1 aliphatic rings. The van der Waals surface area contributed by atoms with Crippen LogP contribution in [0.15, 0.2) is 47.3 Å². The van der Waals surface area contributed by atoms with Crippen LogP contribution in [0.2, 0.25) is 0 Å². The van der Waals surface area contributed by atoms with E-state index in [1.165, 1.54) is 0 Å². The number of hydrogen-bond acceptors (Lipinski definition) is 4. The monoisotopic (exact) mass is 447 g/mol. The number of carboxylic acid groups (broad SMARTS) is 1. The van der Waals surface area contributed by atoms with Gasteiger partial charge < -0.3 is 15.3 Å². The van der Waals surface area contributed by atoms with Crippen LogP contribution in [0.5, 0.6) is 0 Å². The molecule has 4 rings (SSSR count). The fraction of sp³-hybridized carbons (Fsp3) is 0.407. The standard InChI is InChI=1S/C27H33N3O3/c1-17-14-20(18(2)28-23-9-7-6-8-19(23)26(32)33)21-16-24(29(5)25(31)22(21)15-17)30-12-10-27(3,4)11-13-30/h6-9,14-16,18,28H,10-13H2,1-5H3,(H,32,33). The van der Waals surface area contributed by atoms with Gasteiger partial charge in [-0.3, -0.25) is 9.36 Å². The van der Waals surface area contributed by atoms with E-state index in [9.17, 15) is 14.7 Å². The number of para-hydroxylation sites is 1. The van der Waals surface area contributed by atoms with Gasteiger partial charge in [-0.15, -0.1) is 0 Å². The number of rotatable bonds is 5. The first-order valence-corrected chi connectivity index (χ1v) is 11.6. The summed E-state index contributed by atoms with van der Waals surface area (Å²) in [4.78, 5) is 27.4. The Morgan fingerprint density at radius 1 is 1.09 bits per heavy atom. The third-order valence-electron chi connectivity index (χ3n) is 6.95. The molecule has 0 saturated carbocycles. The lowest BCUT2D eigenvalue weighted by molar-refractivity contribution is 0.0698. The summed E-state index contributed by atoms with van der Waals surface area (Å²) in [6.07, 6.45) is 2.17. The summed E-state index contributed by atoms with van der Waals surface area (Å²) in [6.45, 7) is 10.4. The van der Waals surface area contributed by atoms with E-state index in [-0.39, 0.29) is 17.2 Å². The molecule has 2 heterocycles. The zero-order chi connectivity index (χ0) is 23.9. The molecule has 6 nitrogen and oxygen atoms in total. The lowest BCUT2D eigenvalue weighted by atomic mass is 9.82. The molecule has 1 fully saturated rings. The minimum Gasteiger partial charge on any atom is -0.478 e. The molecular formula is C27H33N3O3. The van der Waals surface area contributed by atoms with Crippen molar-refractivity contribution in [2.75, 3.05) is 23.3 Å². The van der Waals surface area contributed by atoms with Crippen LogP contribution in [-0.2, 0) is 7.05 Å². The number of hydrogen-bond donors (Lipinski definition) is 2. The molecular weight excluding hydrogens is 414 g/mol. The Morgan fingerprint density at radius 3 is 2.42 bits per heavy atom. The van der Waals surface area contributed by atoms with Crippen molar-refractivity contribution in [1.29, 1.82) is 0 Å². The minimum atomic E-state index is -0.969. The highest BCUT2D eigenvalue weighted by atomic mass is 16.4. The van der Waals surface area contributed by atoms with Crippen LogP contribution in [0.1, 0.15) is 61.1 Å². The largest absolute Gasteiger partial charge is 0.478 e. The molecule has 0 spiro atoms. The molecule has 0 aliphatic carbocycles. The van der Waals surface area contributed by atoms with Crippen LogP contribution in [0, 0.1) is 12.3 Å². The predicted octanol–water partition coefficient (Wildman–Crippen LogP) is 5.34. The summed E-state index contributed by atoms with van der Waals surface area (Å²) >= 11 is 0. The number of aromatic carboxylic acids is 1. The van der Waals surface area contributed by atoms with Gasteiger partial charge in [-0.05, 0) is 72.9 Å². The maximum Gasteiger partial charge on any atom is 0.337 e. The van der Waals surface area contributed by atoms with E-state index in [2.05, 4.69) is 36.2 Å². The van der Waals surface area contributed by atoms with Gasteiger partial charge >= 0.3 is 5.97 Å². The van der Waals surface area contributed by atoms with Crippen molar-refractivity contribution in [3.8, 4) is 0 Å². The van der Waals surface area contributed by atoms with Crippen LogP contribution in [-0.4, -0.2) is 28.7 Å². The lowest BCUT2D eigenvalue weighted by Gasteiger charge is -2.38. The second-order valence-corrected chi connectivity index (χ2v) is 10.1. The Morgan fingerprint density at radius 2 is 1.76 bits per heavy atom. The molecule has 0 amide bonds. The first-order valence-electron chi connectivity index (χ1n) is 11.6. The van der Waals surface area contributed by atoms with E-state index >= 15 is 0 Å². The number of carboxylic acids is 1. The SMILES string of the molecule is Cc1cc(C(C)Nc2ccccc2C(=O)O)c2cc(N3CCC(C)(C)CC3)n(C)c(=O)c2c1. The van der Waals surface area contributed by atoms with Gasteiger partial charge in [0, 0.05) is 37.3 Å². The molecule has 6 heteroatoms.